The van der Waals surface area contributed by atoms with Gasteiger partial charge in [0.2, 0.25) is 0 Å². The number of rotatable bonds is 4. The number of benzene rings is 3. The smallest absolute Gasteiger partial charge is 0.332 e. The number of halogens is 3. The summed E-state index contributed by atoms with van der Waals surface area (Å²) in [7, 11) is 1.64. The summed E-state index contributed by atoms with van der Waals surface area (Å²) in [6, 6.07) is 11.8. The maximum atomic E-state index is 14.7. The van der Waals surface area contributed by atoms with Crippen molar-refractivity contribution in [3.8, 4) is 33.7 Å². The Morgan fingerprint density at radius 2 is 1.57 bits per heavy atom. The third-order valence-electron chi connectivity index (χ3n) is 6.25. The molecule has 6 nitrogen and oxygen atoms in total. The highest BCUT2D eigenvalue weighted by molar-refractivity contribution is 6.32. The number of hydrogen-bond donors (Lipinski definition) is 2. The van der Waals surface area contributed by atoms with Gasteiger partial charge in [-0.3, -0.25) is 4.57 Å². The van der Waals surface area contributed by atoms with E-state index in [1.807, 2.05) is 4.90 Å². The standard InChI is InChI=1S/C26H23ClF2N4O2/c1-31-10-11-33(26(31)35)23-5-3-16(12-21(23)27)19-14-18(28)15-20(25(19)34)17-2-4-22(29)24(13-17)32-8-6-30-7-9-32/h2-5,10-15,30,34H,6-9H2,1H3. The van der Waals surface area contributed by atoms with Crippen LogP contribution >= 0.6 is 11.6 Å². The van der Waals surface area contributed by atoms with Gasteiger partial charge in [-0.05, 0) is 47.5 Å². The van der Waals surface area contributed by atoms with Gasteiger partial charge in [0.05, 0.1) is 16.4 Å². The summed E-state index contributed by atoms with van der Waals surface area (Å²) in [5, 5.41) is 14.6. The molecule has 180 valence electrons. The van der Waals surface area contributed by atoms with E-state index in [4.69, 9.17) is 11.6 Å². The summed E-state index contributed by atoms with van der Waals surface area (Å²) in [6.45, 7) is 2.78. The number of phenols is 1. The number of aromatic hydroxyl groups is 1. The Morgan fingerprint density at radius 3 is 2.20 bits per heavy atom. The van der Waals surface area contributed by atoms with Crippen LogP contribution in [0.4, 0.5) is 14.5 Å². The van der Waals surface area contributed by atoms with E-state index in [1.165, 1.54) is 33.4 Å². The second kappa shape index (κ2) is 9.20. The molecule has 0 radical (unpaired) electrons. The minimum atomic E-state index is -0.555. The summed E-state index contributed by atoms with van der Waals surface area (Å²) in [5.41, 5.74) is 2.08. The number of nitrogens with zero attached hydrogens (tertiary/aromatic N) is 3. The minimum absolute atomic E-state index is 0.148. The van der Waals surface area contributed by atoms with Crippen LogP contribution in [0, 0.1) is 11.6 Å². The summed E-state index contributed by atoms with van der Waals surface area (Å²) in [4.78, 5) is 14.2. The van der Waals surface area contributed by atoms with Crippen molar-refractivity contribution in [1.29, 1.82) is 0 Å². The molecule has 0 atom stereocenters. The molecule has 5 rings (SSSR count). The highest BCUT2D eigenvalue weighted by atomic mass is 35.5. The van der Waals surface area contributed by atoms with Crippen LogP contribution in [0.15, 0.2) is 65.7 Å². The molecule has 1 saturated heterocycles. The number of aryl methyl sites for hydroxylation is 1. The van der Waals surface area contributed by atoms with E-state index in [2.05, 4.69) is 5.32 Å². The normalized spacial score (nSPS) is 13.9. The van der Waals surface area contributed by atoms with Crippen LogP contribution in [0.25, 0.3) is 27.9 Å². The van der Waals surface area contributed by atoms with Gasteiger partial charge in [0, 0.05) is 56.7 Å². The fourth-order valence-corrected chi connectivity index (χ4v) is 4.66. The maximum Gasteiger partial charge on any atom is 0.332 e. The molecule has 0 aliphatic carbocycles. The molecular weight excluding hydrogens is 474 g/mol. The molecule has 4 aromatic rings. The zero-order chi connectivity index (χ0) is 24.7. The average molecular weight is 497 g/mol. The highest BCUT2D eigenvalue weighted by Crippen LogP contribution is 2.41. The summed E-state index contributed by atoms with van der Waals surface area (Å²) in [5.74, 6) is -1.07. The van der Waals surface area contributed by atoms with E-state index in [9.17, 15) is 18.7 Å². The molecule has 0 spiro atoms. The van der Waals surface area contributed by atoms with Crippen molar-refractivity contribution in [1.82, 2.24) is 14.5 Å². The molecule has 0 bridgehead atoms. The molecule has 1 aliphatic heterocycles. The van der Waals surface area contributed by atoms with Crippen molar-refractivity contribution in [3.05, 3.63) is 88.1 Å². The summed E-state index contributed by atoms with van der Waals surface area (Å²) < 4.78 is 32.2. The van der Waals surface area contributed by atoms with Crippen LogP contribution in [0.5, 0.6) is 5.75 Å². The Hall–Kier alpha value is -3.62. The van der Waals surface area contributed by atoms with E-state index < -0.39 is 5.82 Å². The predicted molar refractivity (Wildman–Crippen MR) is 134 cm³/mol. The summed E-state index contributed by atoms with van der Waals surface area (Å²) >= 11 is 6.47. The van der Waals surface area contributed by atoms with Gasteiger partial charge in [0.15, 0.2) is 0 Å². The van der Waals surface area contributed by atoms with E-state index in [0.29, 0.717) is 35.6 Å². The first kappa shape index (κ1) is 23.1. The van der Waals surface area contributed by atoms with Gasteiger partial charge < -0.3 is 19.9 Å². The molecule has 1 fully saturated rings. The highest BCUT2D eigenvalue weighted by Gasteiger charge is 2.19. The van der Waals surface area contributed by atoms with Crippen molar-refractivity contribution in [3.63, 3.8) is 0 Å². The molecular formula is C26H23ClF2N4O2. The molecule has 0 amide bonds. The third kappa shape index (κ3) is 4.31. The second-order valence-corrected chi connectivity index (χ2v) is 8.89. The first-order valence-corrected chi connectivity index (χ1v) is 11.5. The van der Waals surface area contributed by atoms with Crippen LogP contribution in [0.3, 0.4) is 0 Å². The van der Waals surface area contributed by atoms with Gasteiger partial charge in [-0.2, -0.15) is 0 Å². The number of phenolic OH excluding ortho intramolecular Hbond substituents is 1. The molecule has 9 heteroatoms. The lowest BCUT2D eigenvalue weighted by Gasteiger charge is -2.30. The van der Waals surface area contributed by atoms with E-state index in [1.54, 1.807) is 43.7 Å². The van der Waals surface area contributed by atoms with Crippen molar-refractivity contribution >= 4 is 17.3 Å². The zero-order valence-electron chi connectivity index (χ0n) is 18.9. The SMILES string of the molecule is Cn1ccn(-c2ccc(-c3cc(F)cc(-c4ccc(F)c(N5CCNCC5)c4)c3O)cc2Cl)c1=O. The molecule has 35 heavy (non-hydrogen) atoms. The largest absolute Gasteiger partial charge is 0.507 e. The van der Waals surface area contributed by atoms with Crippen molar-refractivity contribution in [2.45, 2.75) is 0 Å². The number of aromatic nitrogens is 2. The van der Waals surface area contributed by atoms with Crippen LogP contribution in [0.1, 0.15) is 0 Å². The van der Waals surface area contributed by atoms with E-state index in [-0.39, 0.29) is 33.4 Å². The van der Waals surface area contributed by atoms with Crippen molar-refractivity contribution < 1.29 is 13.9 Å². The minimum Gasteiger partial charge on any atom is -0.507 e. The lowest BCUT2D eigenvalue weighted by atomic mass is 9.96. The molecule has 2 heterocycles. The van der Waals surface area contributed by atoms with Gasteiger partial charge in [0.25, 0.3) is 0 Å². The third-order valence-corrected chi connectivity index (χ3v) is 6.56. The number of anilines is 1. The Balaban J connectivity index is 1.57. The second-order valence-electron chi connectivity index (χ2n) is 8.48. The fourth-order valence-electron chi connectivity index (χ4n) is 4.38. The van der Waals surface area contributed by atoms with Crippen LogP contribution in [-0.2, 0) is 7.05 Å². The molecule has 2 N–H and O–H groups in total. The predicted octanol–water partition coefficient (Wildman–Crippen LogP) is 4.56. The number of nitrogens with one attached hydrogen (secondary N) is 1. The molecule has 0 unspecified atom stereocenters. The first-order chi connectivity index (χ1) is 16.8. The van der Waals surface area contributed by atoms with Crippen LogP contribution in [-0.4, -0.2) is 40.4 Å². The Kier molecular flexibility index (Phi) is 6.08. The van der Waals surface area contributed by atoms with Crippen LogP contribution < -0.4 is 15.9 Å². The van der Waals surface area contributed by atoms with E-state index in [0.717, 1.165) is 13.1 Å². The topological polar surface area (TPSA) is 62.4 Å². The first-order valence-electron chi connectivity index (χ1n) is 11.2. The number of hydrogen-bond acceptors (Lipinski definition) is 4. The molecule has 0 saturated carbocycles. The number of imidazole rings is 1. The average Bonchev–Trinajstić information content (AvgIpc) is 3.19. The Labute approximate surface area is 205 Å². The van der Waals surface area contributed by atoms with Gasteiger partial charge >= 0.3 is 5.69 Å². The lowest BCUT2D eigenvalue weighted by molar-refractivity contribution is 0.477. The maximum absolute atomic E-state index is 14.7. The molecule has 1 aromatic heterocycles. The monoisotopic (exact) mass is 496 g/mol. The zero-order valence-corrected chi connectivity index (χ0v) is 19.7. The van der Waals surface area contributed by atoms with Gasteiger partial charge in [0.1, 0.15) is 17.4 Å². The summed E-state index contributed by atoms with van der Waals surface area (Å²) in [6.07, 6.45) is 3.22. The van der Waals surface area contributed by atoms with Gasteiger partial charge in [-0.15, -0.1) is 0 Å². The Morgan fingerprint density at radius 1 is 0.914 bits per heavy atom. The van der Waals surface area contributed by atoms with Crippen molar-refractivity contribution in [2.24, 2.45) is 7.05 Å². The molecule has 1 aliphatic rings. The van der Waals surface area contributed by atoms with Crippen LogP contribution in [0.2, 0.25) is 5.02 Å². The van der Waals surface area contributed by atoms with Gasteiger partial charge in [-0.1, -0.05) is 23.7 Å². The van der Waals surface area contributed by atoms with Gasteiger partial charge in [-0.25, -0.2) is 13.6 Å². The Bertz CT molecular complexity index is 1470. The van der Waals surface area contributed by atoms with E-state index >= 15 is 0 Å². The van der Waals surface area contributed by atoms with Crippen molar-refractivity contribution in [2.75, 3.05) is 31.1 Å². The quantitative estimate of drug-likeness (QED) is 0.435. The lowest BCUT2D eigenvalue weighted by Crippen LogP contribution is -2.43. The molecule has 3 aromatic carbocycles. The fraction of sp³-hybridized carbons (Fsp3) is 0.192. The number of piperazine rings is 1.